The lowest BCUT2D eigenvalue weighted by Gasteiger charge is -2.04. The second kappa shape index (κ2) is 4.36. The zero-order chi connectivity index (χ0) is 13.4. The molecule has 19 heavy (non-hydrogen) atoms. The fraction of sp³-hybridized carbons (Fsp3) is 0.250. The first kappa shape index (κ1) is 11.7. The second-order valence-corrected chi connectivity index (χ2v) is 4.35. The third-order valence-corrected chi connectivity index (χ3v) is 2.94. The highest BCUT2D eigenvalue weighted by Gasteiger charge is 2.12. The van der Waals surface area contributed by atoms with Gasteiger partial charge in [0, 0.05) is 12.7 Å². The van der Waals surface area contributed by atoms with Gasteiger partial charge in [0.2, 0.25) is 0 Å². The number of hydrogen-bond donors (Lipinski definition) is 2. The van der Waals surface area contributed by atoms with Gasteiger partial charge in [0.15, 0.2) is 5.82 Å². The van der Waals surface area contributed by atoms with E-state index >= 15 is 0 Å². The Kier molecular flexibility index (Phi) is 2.68. The Balaban J connectivity index is 2.10. The predicted octanol–water partition coefficient (Wildman–Crippen LogP) is 0.288. The highest BCUT2D eigenvalue weighted by atomic mass is 16.3. The number of nitrogens with zero attached hydrogens (tertiary/aromatic N) is 5. The fourth-order valence-electron chi connectivity index (χ4n) is 2.09. The van der Waals surface area contributed by atoms with Crippen LogP contribution in [0.3, 0.4) is 0 Å². The quantitative estimate of drug-likeness (QED) is 0.658. The second-order valence-electron chi connectivity index (χ2n) is 4.35. The van der Waals surface area contributed by atoms with E-state index in [0.29, 0.717) is 23.9 Å². The molecule has 3 N–H and O–H groups in total. The van der Waals surface area contributed by atoms with Crippen molar-refractivity contribution >= 4 is 16.7 Å². The first-order chi connectivity index (χ1) is 9.17. The monoisotopic (exact) mass is 258 g/mol. The lowest BCUT2D eigenvalue weighted by Crippen LogP contribution is -2.07. The van der Waals surface area contributed by atoms with E-state index < -0.39 is 0 Å². The summed E-state index contributed by atoms with van der Waals surface area (Å²) < 4.78 is 3.54. The average molecular weight is 258 g/mol. The highest BCUT2D eigenvalue weighted by Crippen LogP contribution is 2.19. The third-order valence-electron chi connectivity index (χ3n) is 2.94. The van der Waals surface area contributed by atoms with E-state index in [9.17, 15) is 5.11 Å². The van der Waals surface area contributed by atoms with E-state index in [4.69, 9.17) is 5.73 Å². The average Bonchev–Trinajstić information content (AvgIpc) is 2.94. The summed E-state index contributed by atoms with van der Waals surface area (Å²) in [6.07, 6.45) is 1.64. The van der Waals surface area contributed by atoms with Crippen molar-refractivity contribution in [1.29, 1.82) is 0 Å². The van der Waals surface area contributed by atoms with E-state index in [2.05, 4.69) is 15.1 Å². The number of anilines is 1. The normalized spacial score (nSPS) is 11.3. The summed E-state index contributed by atoms with van der Waals surface area (Å²) in [7, 11) is 1.82. The van der Waals surface area contributed by atoms with Crippen LogP contribution in [-0.2, 0) is 20.2 Å². The number of aromatic nitrogens is 5. The summed E-state index contributed by atoms with van der Waals surface area (Å²) in [6, 6.07) is 5.49. The minimum atomic E-state index is -0.137. The zero-order valence-electron chi connectivity index (χ0n) is 10.5. The van der Waals surface area contributed by atoms with Crippen molar-refractivity contribution in [2.75, 3.05) is 5.73 Å². The summed E-state index contributed by atoms with van der Waals surface area (Å²) in [6.45, 7) is 0.332. The van der Waals surface area contributed by atoms with Crippen LogP contribution in [0.5, 0.6) is 0 Å². The maximum atomic E-state index is 9.41. The molecular formula is C12H14N6O. The topological polar surface area (TPSA) is 94.8 Å². The molecule has 0 bridgehead atoms. The van der Waals surface area contributed by atoms with Crippen molar-refractivity contribution in [3.05, 3.63) is 36.2 Å². The predicted molar refractivity (Wildman–Crippen MR) is 70.2 cm³/mol. The lowest BCUT2D eigenvalue weighted by molar-refractivity contribution is 0.266. The molecule has 3 aromatic rings. The molecule has 0 saturated carbocycles. The molecule has 1 aromatic carbocycles. The van der Waals surface area contributed by atoms with Gasteiger partial charge in [-0.25, -0.2) is 9.97 Å². The van der Waals surface area contributed by atoms with E-state index in [1.54, 1.807) is 17.1 Å². The van der Waals surface area contributed by atoms with Gasteiger partial charge >= 0.3 is 0 Å². The molecule has 0 spiro atoms. The minimum Gasteiger partial charge on any atom is -0.399 e. The lowest BCUT2D eigenvalue weighted by atomic mass is 10.3. The van der Waals surface area contributed by atoms with E-state index in [1.165, 1.54) is 0 Å². The molecule has 0 unspecified atom stereocenters. The molecular weight excluding hydrogens is 244 g/mol. The number of nitrogen functional groups attached to an aromatic ring is 1. The van der Waals surface area contributed by atoms with Crippen molar-refractivity contribution in [3.63, 3.8) is 0 Å². The van der Waals surface area contributed by atoms with Crippen molar-refractivity contribution in [3.8, 4) is 0 Å². The summed E-state index contributed by atoms with van der Waals surface area (Å²) in [5.41, 5.74) is 8.06. The van der Waals surface area contributed by atoms with E-state index in [-0.39, 0.29) is 6.61 Å². The number of imidazole rings is 1. The molecule has 2 heterocycles. The molecule has 0 atom stereocenters. The number of fused-ring (bicyclic) bond motifs is 1. The van der Waals surface area contributed by atoms with Crippen LogP contribution in [0.25, 0.3) is 11.0 Å². The van der Waals surface area contributed by atoms with Gasteiger partial charge in [0.1, 0.15) is 18.8 Å². The van der Waals surface area contributed by atoms with E-state index in [0.717, 1.165) is 11.0 Å². The molecule has 98 valence electrons. The van der Waals surface area contributed by atoms with Crippen molar-refractivity contribution in [2.45, 2.75) is 13.2 Å². The largest absolute Gasteiger partial charge is 0.399 e. The van der Waals surface area contributed by atoms with Crippen LogP contribution in [0.4, 0.5) is 5.69 Å². The van der Waals surface area contributed by atoms with Gasteiger partial charge in [-0.15, -0.1) is 0 Å². The van der Waals surface area contributed by atoms with Gasteiger partial charge in [0.25, 0.3) is 0 Å². The molecule has 0 radical (unpaired) electrons. The fourth-order valence-corrected chi connectivity index (χ4v) is 2.09. The highest BCUT2D eigenvalue weighted by molar-refractivity contribution is 5.79. The van der Waals surface area contributed by atoms with Crippen molar-refractivity contribution in [1.82, 2.24) is 24.3 Å². The van der Waals surface area contributed by atoms with Gasteiger partial charge < -0.3 is 15.4 Å². The van der Waals surface area contributed by atoms with Crippen molar-refractivity contribution < 1.29 is 5.11 Å². The number of aliphatic hydroxyl groups excluding tert-OH is 1. The minimum absolute atomic E-state index is 0.137. The molecule has 0 aliphatic heterocycles. The Morgan fingerprint density at radius 1 is 1.37 bits per heavy atom. The molecule has 0 aliphatic rings. The summed E-state index contributed by atoms with van der Waals surface area (Å²) in [4.78, 5) is 8.55. The summed E-state index contributed by atoms with van der Waals surface area (Å²) in [5, 5.41) is 13.6. The van der Waals surface area contributed by atoms with Crippen molar-refractivity contribution in [2.24, 2.45) is 7.05 Å². The Morgan fingerprint density at radius 2 is 2.21 bits per heavy atom. The number of aliphatic hydroxyl groups is 1. The van der Waals surface area contributed by atoms with Gasteiger partial charge in [-0.3, -0.25) is 4.68 Å². The Morgan fingerprint density at radius 3 is 2.89 bits per heavy atom. The molecule has 7 heteroatoms. The SMILES string of the molecule is Cn1cnc(Cn2c(CO)nc3cc(N)ccc32)n1. The Hall–Kier alpha value is -2.41. The van der Waals surface area contributed by atoms with Gasteiger partial charge in [0.05, 0.1) is 17.6 Å². The smallest absolute Gasteiger partial charge is 0.170 e. The maximum absolute atomic E-state index is 9.41. The standard InChI is InChI=1S/C12H14N6O/c1-17-7-14-11(16-17)5-18-10-3-2-8(13)4-9(10)15-12(18)6-19/h2-4,7,19H,5-6,13H2,1H3. The van der Waals surface area contributed by atoms with Crippen LogP contribution in [0.1, 0.15) is 11.6 Å². The number of rotatable bonds is 3. The molecule has 7 nitrogen and oxygen atoms in total. The number of hydrogen-bond acceptors (Lipinski definition) is 5. The zero-order valence-corrected chi connectivity index (χ0v) is 10.5. The molecule has 3 rings (SSSR count). The number of benzene rings is 1. The van der Waals surface area contributed by atoms with E-state index in [1.807, 2.05) is 23.7 Å². The Bertz CT molecular complexity index is 729. The first-order valence-corrected chi connectivity index (χ1v) is 5.87. The molecule has 0 saturated heterocycles. The van der Waals surface area contributed by atoms with Crippen LogP contribution in [-0.4, -0.2) is 29.4 Å². The summed E-state index contributed by atoms with van der Waals surface area (Å²) >= 11 is 0. The van der Waals surface area contributed by atoms with Crippen LogP contribution in [0, 0.1) is 0 Å². The van der Waals surface area contributed by atoms with Crippen LogP contribution in [0.15, 0.2) is 24.5 Å². The molecule has 0 aliphatic carbocycles. The number of nitrogens with two attached hydrogens (primary N) is 1. The third kappa shape index (κ3) is 2.04. The molecule has 0 amide bonds. The van der Waals surface area contributed by atoms with Gasteiger partial charge in [-0.2, -0.15) is 5.10 Å². The van der Waals surface area contributed by atoms with Crippen LogP contribution in [0.2, 0.25) is 0 Å². The first-order valence-electron chi connectivity index (χ1n) is 5.87. The summed E-state index contributed by atoms with van der Waals surface area (Å²) in [5.74, 6) is 1.25. The van der Waals surface area contributed by atoms with Gasteiger partial charge in [-0.05, 0) is 18.2 Å². The Labute approximate surface area is 109 Å². The van der Waals surface area contributed by atoms with Crippen LogP contribution < -0.4 is 5.73 Å². The van der Waals surface area contributed by atoms with Crippen LogP contribution >= 0.6 is 0 Å². The van der Waals surface area contributed by atoms with Gasteiger partial charge in [-0.1, -0.05) is 0 Å². The maximum Gasteiger partial charge on any atom is 0.170 e. The molecule has 2 aromatic heterocycles. The molecule has 0 fully saturated rings. The number of aryl methyl sites for hydroxylation is 1.